The Kier molecular flexibility index (Phi) is 5.53. The quantitative estimate of drug-likeness (QED) is 0.609. The third kappa shape index (κ3) is 4.24. The predicted octanol–water partition coefficient (Wildman–Crippen LogP) is 5.30. The van der Waals surface area contributed by atoms with Crippen molar-refractivity contribution < 1.29 is 4.74 Å². The number of anilines is 2. The molecule has 1 saturated heterocycles. The summed E-state index contributed by atoms with van der Waals surface area (Å²) in [5.41, 5.74) is 5.32. The first-order valence-electron chi connectivity index (χ1n) is 10.5. The second-order valence-electron chi connectivity index (χ2n) is 7.88. The number of benzene rings is 3. The smallest absolute Gasteiger partial charge is 0.138 e. The van der Waals surface area contributed by atoms with Gasteiger partial charge in [0.1, 0.15) is 11.6 Å². The lowest BCUT2D eigenvalue weighted by atomic mass is 10.1. The Morgan fingerprint density at radius 3 is 2.61 bits per heavy atom. The minimum atomic E-state index is 0.692. The minimum absolute atomic E-state index is 0.692. The molecule has 2 heterocycles. The van der Waals surface area contributed by atoms with Crippen molar-refractivity contribution in [1.29, 1.82) is 0 Å². The van der Waals surface area contributed by atoms with Crippen molar-refractivity contribution in [2.75, 3.05) is 38.6 Å². The van der Waals surface area contributed by atoms with E-state index in [1.54, 1.807) is 7.11 Å². The van der Waals surface area contributed by atoms with Gasteiger partial charge in [-0.15, -0.1) is 0 Å². The molecule has 1 N–H and O–H groups in total. The van der Waals surface area contributed by atoms with E-state index in [2.05, 4.69) is 57.6 Å². The Hall–Kier alpha value is -3.02. The number of rotatable bonds is 3. The normalized spacial score (nSPS) is 15.9. The van der Waals surface area contributed by atoms with Gasteiger partial charge in [0.15, 0.2) is 0 Å². The van der Waals surface area contributed by atoms with E-state index in [1.807, 2.05) is 24.3 Å². The van der Waals surface area contributed by atoms with E-state index >= 15 is 0 Å². The van der Waals surface area contributed by atoms with Crippen molar-refractivity contribution >= 4 is 34.5 Å². The summed E-state index contributed by atoms with van der Waals surface area (Å²) in [5.74, 6) is 1.91. The average Bonchev–Trinajstić information content (AvgIpc) is 2.96. The van der Waals surface area contributed by atoms with Gasteiger partial charge in [0.2, 0.25) is 0 Å². The van der Waals surface area contributed by atoms with Crippen molar-refractivity contribution in [2.24, 2.45) is 4.99 Å². The van der Waals surface area contributed by atoms with Crippen LogP contribution in [0.4, 0.5) is 17.1 Å². The maximum Gasteiger partial charge on any atom is 0.138 e. The Balaban J connectivity index is 1.37. The molecule has 0 amide bonds. The fourth-order valence-electron chi connectivity index (χ4n) is 4.20. The van der Waals surface area contributed by atoms with Gasteiger partial charge in [0.05, 0.1) is 18.5 Å². The van der Waals surface area contributed by atoms with Crippen LogP contribution in [0.25, 0.3) is 0 Å². The highest BCUT2D eigenvalue weighted by atomic mass is 35.5. The number of methoxy groups -OCH3 is 1. The van der Waals surface area contributed by atoms with Crippen molar-refractivity contribution in [1.82, 2.24) is 9.80 Å². The van der Waals surface area contributed by atoms with Gasteiger partial charge in [-0.2, -0.15) is 0 Å². The zero-order valence-electron chi connectivity index (χ0n) is 17.5. The summed E-state index contributed by atoms with van der Waals surface area (Å²) in [6.07, 6.45) is 0. The molecule has 2 aliphatic rings. The number of aliphatic imine (C=N–C) groups is 1. The van der Waals surface area contributed by atoms with Crippen LogP contribution in [0.5, 0.6) is 5.75 Å². The highest BCUT2D eigenvalue weighted by Crippen LogP contribution is 2.36. The van der Waals surface area contributed by atoms with E-state index in [1.165, 1.54) is 5.56 Å². The largest absolute Gasteiger partial charge is 0.497 e. The summed E-state index contributed by atoms with van der Waals surface area (Å²) < 4.78 is 5.36. The minimum Gasteiger partial charge on any atom is -0.497 e. The Labute approximate surface area is 187 Å². The molecule has 0 atom stereocenters. The van der Waals surface area contributed by atoms with Crippen LogP contribution in [-0.2, 0) is 6.54 Å². The van der Waals surface area contributed by atoms with E-state index in [0.717, 1.165) is 66.9 Å². The molecule has 0 radical (unpaired) electrons. The highest BCUT2D eigenvalue weighted by Gasteiger charge is 2.25. The maximum atomic E-state index is 6.27. The van der Waals surface area contributed by atoms with Gasteiger partial charge in [-0.05, 0) is 48.0 Å². The van der Waals surface area contributed by atoms with Gasteiger partial charge >= 0.3 is 0 Å². The van der Waals surface area contributed by atoms with E-state index in [9.17, 15) is 0 Å². The Morgan fingerprint density at radius 2 is 1.77 bits per heavy atom. The summed E-state index contributed by atoms with van der Waals surface area (Å²) in [5, 5.41) is 4.22. The van der Waals surface area contributed by atoms with Crippen LogP contribution in [0.2, 0.25) is 5.02 Å². The van der Waals surface area contributed by atoms with Gasteiger partial charge < -0.3 is 15.0 Å². The standard InChI is InChI=1S/C25H25ClN4O/c1-31-20-6-4-5-18(15-20)17-29-11-13-30(14-12-29)25-21-7-2-3-8-22(21)27-23-10-9-19(26)16-24(23)28-25/h2-10,15-16,27H,11-14,17H2,1H3. The molecule has 5 rings (SSSR count). The monoisotopic (exact) mass is 432 g/mol. The van der Waals surface area contributed by atoms with Crippen molar-refractivity contribution in [3.8, 4) is 5.75 Å². The van der Waals surface area contributed by atoms with E-state index in [4.69, 9.17) is 21.3 Å². The van der Waals surface area contributed by atoms with Crippen LogP contribution >= 0.6 is 11.6 Å². The van der Waals surface area contributed by atoms with Crippen LogP contribution in [0, 0.1) is 0 Å². The van der Waals surface area contributed by atoms with Crippen LogP contribution in [0.3, 0.4) is 0 Å². The van der Waals surface area contributed by atoms with Crippen molar-refractivity contribution in [3.05, 3.63) is 82.9 Å². The fraction of sp³-hybridized carbons (Fsp3) is 0.240. The molecule has 0 aromatic heterocycles. The average molecular weight is 433 g/mol. The van der Waals surface area contributed by atoms with Gasteiger partial charge in [-0.25, -0.2) is 4.99 Å². The van der Waals surface area contributed by atoms with Crippen LogP contribution < -0.4 is 10.1 Å². The molecule has 0 aliphatic carbocycles. The molecule has 5 nitrogen and oxygen atoms in total. The second-order valence-corrected chi connectivity index (χ2v) is 8.32. The van der Waals surface area contributed by atoms with E-state index in [-0.39, 0.29) is 0 Å². The number of ether oxygens (including phenoxy) is 1. The Bertz CT molecular complexity index is 1120. The molecule has 1 fully saturated rings. The zero-order chi connectivity index (χ0) is 21.2. The van der Waals surface area contributed by atoms with Crippen molar-refractivity contribution in [3.63, 3.8) is 0 Å². The summed E-state index contributed by atoms with van der Waals surface area (Å²) in [6.45, 7) is 4.73. The van der Waals surface area contributed by atoms with Gasteiger partial charge in [-0.1, -0.05) is 35.9 Å². The maximum absolute atomic E-state index is 6.27. The number of para-hydroxylation sites is 1. The highest BCUT2D eigenvalue weighted by molar-refractivity contribution is 6.31. The molecule has 2 aliphatic heterocycles. The SMILES string of the molecule is COc1cccc(CN2CCN(C3=Nc4cc(Cl)ccc4Nc4ccccc43)CC2)c1. The molecule has 0 spiro atoms. The molecule has 3 aromatic carbocycles. The number of fused-ring (bicyclic) bond motifs is 2. The molecule has 158 valence electrons. The molecular weight excluding hydrogens is 408 g/mol. The lowest BCUT2D eigenvalue weighted by Crippen LogP contribution is -2.48. The number of piperazine rings is 1. The molecule has 6 heteroatoms. The number of amidine groups is 1. The number of halogens is 1. The first kappa shape index (κ1) is 19.9. The molecule has 31 heavy (non-hydrogen) atoms. The lowest BCUT2D eigenvalue weighted by molar-refractivity contribution is 0.175. The molecule has 3 aromatic rings. The summed E-state index contributed by atoms with van der Waals surface area (Å²) >= 11 is 6.27. The summed E-state index contributed by atoms with van der Waals surface area (Å²) in [4.78, 5) is 9.93. The third-order valence-corrected chi connectivity index (χ3v) is 6.07. The van der Waals surface area contributed by atoms with Gasteiger partial charge in [-0.3, -0.25) is 4.90 Å². The molecular formula is C25H25ClN4O. The summed E-state index contributed by atoms with van der Waals surface area (Å²) in [7, 11) is 1.71. The van der Waals surface area contributed by atoms with E-state index < -0.39 is 0 Å². The number of nitrogens with zero attached hydrogens (tertiary/aromatic N) is 3. The van der Waals surface area contributed by atoms with Crippen molar-refractivity contribution in [2.45, 2.75) is 6.54 Å². The molecule has 0 unspecified atom stereocenters. The van der Waals surface area contributed by atoms with Gasteiger partial charge in [0.25, 0.3) is 0 Å². The topological polar surface area (TPSA) is 40.1 Å². The third-order valence-electron chi connectivity index (χ3n) is 5.84. The molecule has 0 saturated carbocycles. The van der Waals surface area contributed by atoms with Gasteiger partial charge in [0, 0.05) is 49.0 Å². The van der Waals surface area contributed by atoms with Crippen LogP contribution in [0.1, 0.15) is 11.1 Å². The Morgan fingerprint density at radius 1 is 0.935 bits per heavy atom. The van der Waals surface area contributed by atoms with Crippen LogP contribution in [0.15, 0.2) is 71.7 Å². The zero-order valence-corrected chi connectivity index (χ0v) is 18.3. The summed E-state index contributed by atoms with van der Waals surface area (Å²) in [6, 6.07) is 22.5. The fourth-order valence-corrected chi connectivity index (χ4v) is 4.36. The first-order chi connectivity index (χ1) is 15.2. The second kappa shape index (κ2) is 8.61. The van der Waals surface area contributed by atoms with E-state index in [0.29, 0.717) is 5.02 Å². The molecule has 0 bridgehead atoms. The number of hydrogen-bond donors (Lipinski definition) is 1. The van der Waals surface area contributed by atoms with Crippen LogP contribution in [-0.4, -0.2) is 48.9 Å². The number of nitrogens with one attached hydrogen (secondary N) is 1. The predicted molar refractivity (Wildman–Crippen MR) is 127 cm³/mol. The number of hydrogen-bond acceptors (Lipinski definition) is 5. The lowest BCUT2D eigenvalue weighted by Gasteiger charge is -2.36. The first-order valence-corrected chi connectivity index (χ1v) is 10.9.